The number of aromatic amines is 1. The molecule has 0 spiro atoms. The smallest absolute Gasteiger partial charge is 0.274 e. The molecule has 0 aromatic carbocycles. The summed E-state index contributed by atoms with van der Waals surface area (Å²) in [4.78, 5) is 20.2. The van der Waals surface area contributed by atoms with E-state index in [-0.39, 0.29) is 5.91 Å². The van der Waals surface area contributed by atoms with Gasteiger partial charge in [-0.15, -0.1) is 0 Å². The number of nitrogens with one attached hydrogen (secondary N) is 1. The van der Waals surface area contributed by atoms with Crippen molar-refractivity contribution in [3.05, 3.63) is 48.0 Å². The maximum absolute atomic E-state index is 12.9. The summed E-state index contributed by atoms with van der Waals surface area (Å²) < 4.78 is 10.8. The van der Waals surface area contributed by atoms with Crippen LogP contribution < -0.4 is 9.88 Å². The normalized spacial score (nSPS) is 14.8. The summed E-state index contributed by atoms with van der Waals surface area (Å²) in [6, 6.07) is 7.60. The molecule has 1 aliphatic rings. The van der Waals surface area contributed by atoms with Crippen molar-refractivity contribution in [2.24, 2.45) is 5.92 Å². The van der Waals surface area contributed by atoms with Gasteiger partial charge in [0.15, 0.2) is 0 Å². The minimum absolute atomic E-state index is 0.00915. The predicted molar refractivity (Wildman–Crippen MR) is 94.3 cm³/mol. The lowest BCUT2D eigenvalue weighted by molar-refractivity contribution is -0.364. The van der Waals surface area contributed by atoms with E-state index in [9.17, 15) is 4.79 Å². The Bertz CT molecular complexity index is 662. The number of nitrogens with zero attached hydrogens (tertiary/aromatic N) is 2. The molecule has 2 aromatic heterocycles. The Kier molecular flexibility index (Phi) is 5.71. The van der Waals surface area contributed by atoms with Gasteiger partial charge in [-0.1, -0.05) is 13.8 Å². The van der Waals surface area contributed by atoms with Crippen LogP contribution in [0.2, 0.25) is 0 Å². The first-order valence-electron chi connectivity index (χ1n) is 8.79. The molecule has 134 valence electrons. The largest absolute Gasteiger partial charge is 0.467 e. The van der Waals surface area contributed by atoms with E-state index in [2.05, 4.69) is 23.7 Å². The van der Waals surface area contributed by atoms with E-state index < -0.39 is 0 Å². The van der Waals surface area contributed by atoms with Gasteiger partial charge in [-0.3, -0.25) is 9.69 Å². The molecule has 0 aliphatic carbocycles. The SMILES string of the molecule is CC(C)CN(Cc1ccco1)C(=O)c1ccc(N2CCOCC2)[nH+]c1. The summed E-state index contributed by atoms with van der Waals surface area (Å²) in [7, 11) is 0. The van der Waals surface area contributed by atoms with Crippen molar-refractivity contribution in [1.82, 2.24) is 4.90 Å². The lowest BCUT2D eigenvalue weighted by atomic mass is 10.1. The molecule has 0 unspecified atom stereocenters. The number of amides is 1. The second-order valence-corrected chi connectivity index (χ2v) is 6.72. The third-order valence-electron chi connectivity index (χ3n) is 4.19. The number of anilines is 1. The van der Waals surface area contributed by atoms with Crippen LogP contribution in [0.5, 0.6) is 0 Å². The van der Waals surface area contributed by atoms with Crippen molar-refractivity contribution in [3.63, 3.8) is 0 Å². The number of H-pyrrole nitrogens is 1. The van der Waals surface area contributed by atoms with E-state index in [1.807, 2.05) is 29.2 Å². The second kappa shape index (κ2) is 8.16. The van der Waals surface area contributed by atoms with Crippen LogP contribution in [0.25, 0.3) is 0 Å². The molecule has 1 amide bonds. The molecule has 1 N–H and O–H groups in total. The van der Waals surface area contributed by atoms with Crippen LogP contribution in [-0.2, 0) is 11.3 Å². The highest BCUT2D eigenvalue weighted by atomic mass is 16.5. The monoisotopic (exact) mass is 344 g/mol. The average Bonchev–Trinajstić information content (AvgIpc) is 3.14. The molecule has 1 aliphatic heterocycles. The number of carbonyl (C=O) groups is 1. The minimum Gasteiger partial charge on any atom is -0.467 e. The van der Waals surface area contributed by atoms with Crippen LogP contribution in [-0.4, -0.2) is 43.7 Å². The van der Waals surface area contributed by atoms with Gasteiger partial charge in [-0.25, -0.2) is 4.98 Å². The zero-order valence-electron chi connectivity index (χ0n) is 14.9. The van der Waals surface area contributed by atoms with E-state index in [1.165, 1.54) is 0 Å². The molecule has 1 fully saturated rings. The first-order chi connectivity index (χ1) is 12.1. The van der Waals surface area contributed by atoms with Gasteiger partial charge in [-0.05, 0) is 24.1 Å². The molecule has 25 heavy (non-hydrogen) atoms. The Morgan fingerprint density at radius 3 is 2.68 bits per heavy atom. The summed E-state index contributed by atoms with van der Waals surface area (Å²) in [5, 5.41) is 0. The number of hydrogen-bond donors (Lipinski definition) is 0. The van der Waals surface area contributed by atoms with Crippen LogP contribution >= 0.6 is 0 Å². The highest BCUT2D eigenvalue weighted by molar-refractivity contribution is 5.93. The van der Waals surface area contributed by atoms with Crippen molar-refractivity contribution < 1.29 is 18.9 Å². The molecular weight excluding hydrogens is 318 g/mol. The van der Waals surface area contributed by atoms with Gasteiger partial charge in [0.05, 0.1) is 31.6 Å². The Hall–Kier alpha value is -2.34. The fourth-order valence-electron chi connectivity index (χ4n) is 2.98. The van der Waals surface area contributed by atoms with E-state index in [0.717, 1.165) is 37.9 Å². The molecule has 2 aromatic rings. The van der Waals surface area contributed by atoms with E-state index in [0.29, 0.717) is 24.6 Å². The highest BCUT2D eigenvalue weighted by Crippen LogP contribution is 2.14. The molecule has 3 heterocycles. The fraction of sp³-hybridized carbons (Fsp3) is 0.474. The minimum atomic E-state index is 0.00915. The first-order valence-corrected chi connectivity index (χ1v) is 8.79. The number of hydrogen-bond acceptors (Lipinski definition) is 4. The van der Waals surface area contributed by atoms with Crippen LogP contribution in [0.3, 0.4) is 0 Å². The van der Waals surface area contributed by atoms with Crippen molar-refractivity contribution in [1.29, 1.82) is 0 Å². The molecule has 1 saturated heterocycles. The van der Waals surface area contributed by atoms with Gasteiger partial charge in [0.1, 0.15) is 25.0 Å². The van der Waals surface area contributed by atoms with Gasteiger partial charge < -0.3 is 14.1 Å². The Labute approximate surface area is 148 Å². The lowest BCUT2D eigenvalue weighted by Gasteiger charge is -2.24. The van der Waals surface area contributed by atoms with Crippen LogP contribution in [0.1, 0.15) is 30.0 Å². The lowest BCUT2D eigenvalue weighted by Crippen LogP contribution is -2.39. The van der Waals surface area contributed by atoms with E-state index in [4.69, 9.17) is 9.15 Å². The molecular formula is C19H26N3O3+. The Morgan fingerprint density at radius 1 is 1.28 bits per heavy atom. The molecule has 3 rings (SSSR count). The second-order valence-electron chi connectivity index (χ2n) is 6.72. The van der Waals surface area contributed by atoms with Crippen molar-refractivity contribution in [3.8, 4) is 0 Å². The van der Waals surface area contributed by atoms with Crippen LogP contribution in [0.4, 0.5) is 5.82 Å². The van der Waals surface area contributed by atoms with Gasteiger partial charge in [0, 0.05) is 12.6 Å². The molecule has 0 bridgehead atoms. The maximum Gasteiger partial charge on any atom is 0.274 e. The highest BCUT2D eigenvalue weighted by Gasteiger charge is 2.22. The summed E-state index contributed by atoms with van der Waals surface area (Å²) in [6.07, 6.45) is 3.43. The van der Waals surface area contributed by atoms with Crippen molar-refractivity contribution in [2.45, 2.75) is 20.4 Å². The molecule has 6 heteroatoms. The molecule has 6 nitrogen and oxygen atoms in total. The van der Waals surface area contributed by atoms with Crippen molar-refractivity contribution >= 4 is 11.7 Å². The summed E-state index contributed by atoms with van der Waals surface area (Å²) >= 11 is 0. The first kappa shape index (κ1) is 17.5. The Balaban J connectivity index is 1.71. The summed E-state index contributed by atoms with van der Waals surface area (Å²) in [5.41, 5.74) is 0.657. The van der Waals surface area contributed by atoms with Gasteiger partial charge in [0.2, 0.25) is 0 Å². The van der Waals surface area contributed by atoms with Gasteiger partial charge >= 0.3 is 0 Å². The third-order valence-corrected chi connectivity index (χ3v) is 4.19. The standard InChI is InChI=1S/C19H25N3O3/c1-15(2)13-22(14-17-4-3-9-25-17)19(23)16-5-6-18(20-12-16)21-7-10-24-11-8-21/h3-6,9,12,15H,7-8,10-11,13-14H2,1-2H3/p+1. The fourth-order valence-corrected chi connectivity index (χ4v) is 2.98. The van der Waals surface area contributed by atoms with Crippen molar-refractivity contribution in [2.75, 3.05) is 37.7 Å². The predicted octanol–water partition coefficient (Wildman–Crippen LogP) is 2.23. The molecule has 0 saturated carbocycles. The molecule has 0 radical (unpaired) electrons. The van der Waals surface area contributed by atoms with Crippen LogP contribution in [0.15, 0.2) is 41.1 Å². The van der Waals surface area contributed by atoms with E-state index in [1.54, 1.807) is 12.5 Å². The van der Waals surface area contributed by atoms with Gasteiger partial charge in [-0.2, -0.15) is 0 Å². The zero-order chi connectivity index (χ0) is 17.6. The summed E-state index contributed by atoms with van der Waals surface area (Å²) in [6.45, 7) is 8.58. The van der Waals surface area contributed by atoms with Gasteiger partial charge in [0.25, 0.3) is 11.7 Å². The zero-order valence-corrected chi connectivity index (χ0v) is 14.9. The number of pyridine rings is 1. The number of aromatic nitrogens is 1. The van der Waals surface area contributed by atoms with Crippen LogP contribution in [0, 0.1) is 5.92 Å². The Morgan fingerprint density at radius 2 is 2.08 bits per heavy atom. The number of furan rings is 1. The number of ether oxygens (including phenoxy) is 1. The third kappa shape index (κ3) is 4.60. The average molecular weight is 344 g/mol. The number of morpholine rings is 1. The number of rotatable bonds is 6. The maximum atomic E-state index is 12.9. The molecule has 0 atom stereocenters. The van der Waals surface area contributed by atoms with E-state index >= 15 is 0 Å². The summed E-state index contributed by atoms with van der Waals surface area (Å²) in [5.74, 6) is 2.20. The quantitative estimate of drug-likeness (QED) is 0.806. The topological polar surface area (TPSA) is 60.1 Å². The number of carbonyl (C=O) groups excluding carboxylic acids is 1.